The Balaban J connectivity index is 2.07. The van der Waals surface area contributed by atoms with E-state index in [1.165, 1.54) is 11.3 Å². The number of aromatic nitrogens is 1. The minimum absolute atomic E-state index is 0.0967. The van der Waals surface area contributed by atoms with Crippen LogP contribution in [0.15, 0.2) is 29.8 Å². The van der Waals surface area contributed by atoms with Crippen molar-refractivity contribution in [1.29, 1.82) is 0 Å². The van der Waals surface area contributed by atoms with Crippen LogP contribution in [0.4, 0.5) is 5.69 Å². The minimum atomic E-state index is -0.0967. The highest BCUT2D eigenvalue weighted by atomic mass is 32.1. The topological polar surface area (TPSA) is 54.0 Å². The largest absolute Gasteiger partial charge is 0.321 e. The highest BCUT2D eigenvalue weighted by molar-refractivity contribution is 7.12. The highest BCUT2D eigenvalue weighted by Crippen LogP contribution is 2.16. The Morgan fingerprint density at radius 1 is 1.42 bits per heavy atom. The normalized spacial score (nSPS) is 10.4. The van der Waals surface area contributed by atoms with Crippen molar-refractivity contribution < 1.29 is 4.79 Å². The summed E-state index contributed by atoms with van der Waals surface area (Å²) in [5.41, 5.74) is 4.42. The quantitative estimate of drug-likeness (QED) is 0.882. The van der Waals surface area contributed by atoms with Gasteiger partial charge < -0.3 is 10.6 Å². The molecule has 1 amide bonds. The van der Waals surface area contributed by atoms with E-state index in [2.05, 4.69) is 22.5 Å². The Kier molecular flexibility index (Phi) is 4.65. The van der Waals surface area contributed by atoms with Gasteiger partial charge in [0.25, 0.3) is 5.91 Å². The van der Waals surface area contributed by atoms with Gasteiger partial charge in [0.1, 0.15) is 4.88 Å². The molecule has 0 saturated carbocycles. The summed E-state index contributed by atoms with van der Waals surface area (Å²) in [6.07, 6.45) is 0. The SMILES string of the molecule is CCNCc1cccc(NC(=O)c2scnc2C)c1. The van der Waals surface area contributed by atoms with Gasteiger partial charge in [-0.25, -0.2) is 4.98 Å². The molecule has 0 aliphatic heterocycles. The van der Waals surface area contributed by atoms with Crippen LogP contribution in [0.25, 0.3) is 0 Å². The second-order valence-corrected chi connectivity index (χ2v) is 5.06. The number of amides is 1. The monoisotopic (exact) mass is 275 g/mol. The molecule has 0 unspecified atom stereocenters. The summed E-state index contributed by atoms with van der Waals surface area (Å²) in [4.78, 5) is 16.8. The van der Waals surface area contributed by atoms with Gasteiger partial charge in [0.15, 0.2) is 0 Å². The van der Waals surface area contributed by atoms with E-state index in [4.69, 9.17) is 0 Å². The van der Waals surface area contributed by atoms with Crippen LogP contribution >= 0.6 is 11.3 Å². The molecule has 1 heterocycles. The van der Waals surface area contributed by atoms with Crippen LogP contribution in [-0.2, 0) is 6.54 Å². The van der Waals surface area contributed by atoms with Gasteiger partial charge in [0, 0.05) is 12.2 Å². The number of aryl methyl sites for hydroxylation is 1. The first-order valence-electron chi connectivity index (χ1n) is 6.21. The summed E-state index contributed by atoms with van der Waals surface area (Å²) in [6, 6.07) is 7.86. The van der Waals surface area contributed by atoms with Crippen molar-refractivity contribution in [3.63, 3.8) is 0 Å². The van der Waals surface area contributed by atoms with E-state index in [1.54, 1.807) is 5.51 Å². The van der Waals surface area contributed by atoms with E-state index in [0.717, 1.165) is 30.0 Å². The van der Waals surface area contributed by atoms with Crippen molar-refractivity contribution >= 4 is 22.9 Å². The number of hydrogen-bond acceptors (Lipinski definition) is 4. The molecule has 1 aromatic carbocycles. The maximum Gasteiger partial charge on any atom is 0.267 e. The predicted octanol–water partition coefficient (Wildman–Crippen LogP) is 2.81. The van der Waals surface area contributed by atoms with Gasteiger partial charge >= 0.3 is 0 Å². The molecule has 0 saturated heterocycles. The molecule has 0 aliphatic carbocycles. The average molecular weight is 275 g/mol. The van der Waals surface area contributed by atoms with Gasteiger partial charge in [-0.05, 0) is 31.2 Å². The molecule has 0 atom stereocenters. The molecule has 0 fully saturated rings. The number of hydrogen-bond donors (Lipinski definition) is 2. The molecule has 0 bridgehead atoms. The molecule has 1 aromatic heterocycles. The number of benzene rings is 1. The van der Waals surface area contributed by atoms with E-state index in [1.807, 2.05) is 31.2 Å². The molecular formula is C14H17N3OS. The number of anilines is 1. The summed E-state index contributed by atoms with van der Waals surface area (Å²) in [7, 11) is 0. The van der Waals surface area contributed by atoms with Crippen molar-refractivity contribution in [2.24, 2.45) is 0 Å². The number of nitrogens with zero attached hydrogens (tertiary/aromatic N) is 1. The number of nitrogens with one attached hydrogen (secondary N) is 2. The van der Waals surface area contributed by atoms with E-state index >= 15 is 0 Å². The fourth-order valence-electron chi connectivity index (χ4n) is 1.74. The van der Waals surface area contributed by atoms with Crippen LogP contribution in [0.1, 0.15) is 27.9 Å². The highest BCUT2D eigenvalue weighted by Gasteiger charge is 2.11. The molecule has 0 aliphatic rings. The van der Waals surface area contributed by atoms with Crippen molar-refractivity contribution in [3.8, 4) is 0 Å². The maximum atomic E-state index is 12.1. The molecule has 5 heteroatoms. The lowest BCUT2D eigenvalue weighted by molar-refractivity contribution is 0.103. The van der Waals surface area contributed by atoms with E-state index in [0.29, 0.717) is 4.88 Å². The summed E-state index contributed by atoms with van der Waals surface area (Å²) in [6.45, 7) is 5.64. The first-order valence-corrected chi connectivity index (χ1v) is 7.09. The first kappa shape index (κ1) is 13.7. The zero-order valence-corrected chi connectivity index (χ0v) is 11.9. The van der Waals surface area contributed by atoms with E-state index in [9.17, 15) is 4.79 Å². The molecule has 0 radical (unpaired) electrons. The molecule has 2 N–H and O–H groups in total. The van der Waals surface area contributed by atoms with Crippen LogP contribution in [0.5, 0.6) is 0 Å². The van der Waals surface area contributed by atoms with E-state index < -0.39 is 0 Å². The van der Waals surface area contributed by atoms with Crippen molar-refractivity contribution in [2.75, 3.05) is 11.9 Å². The van der Waals surface area contributed by atoms with Gasteiger partial charge in [0.05, 0.1) is 11.2 Å². The van der Waals surface area contributed by atoms with Crippen LogP contribution < -0.4 is 10.6 Å². The van der Waals surface area contributed by atoms with Crippen LogP contribution in [0, 0.1) is 6.92 Å². The van der Waals surface area contributed by atoms with Gasteiger partial charge in [-0.1, -0.05) is 19.1 Å². The average Bonchev–Trinajstić information content (AvgIpc) is 2.83. The molecular weight excluding hydrogens is 258 g/mol. The van der Waals surface area contributed by atoms with Gasteiger partial charge in [-0.2, -0.15) is 0 Å². The Labute approximate surface area is 116 Å². The Hall–Kier alpha value is -1.72. The van der Waals surface area contributed by atoms with Gasteiger partial charge in [-0.3, -0.25) is 4.79 Å². The van der Waals surface area contributed by atoms with E-state index in [-0.39, 0.29) is 5.91 Å². The lowest BCUT2D eigenvalue weighted by atomic mass is 10.2. The summed E-state index contributed by atoms with van der Waals surface area (Å²) in [5.74, 6) is -0.0967. The second-order valence-electron chi connectivity index (χ2n) is 4.20. The zero-order chi connectivity index (χ0) is 13.7. The predicted molar refractivity (Wildman–Crippen MR) is 78.6 cm³/mol. The number of thiazole rings is 1. The summed E-state index contributed by atoms with van der Waals surface area (Å²) < 4.78 is 0. The van der Waals surface area contributed by atoms with Crippen molar-refractivity contribution in [1.82, 2.24) is 10.3 Å². The molecule has 2 aromatic rings. The number of carbonyl (C=O) groups is 1. The Morgan fingerprint density at radius 2 is 2.26 bits per heavy atom. The summed E-state index contributed by atoms with van der Waals surface area (Å²) >= 11 is 1.36. The van der Waals surface area contributed by atoms with Crippen LogP contribution in [0.2, 0.25) is 0 Å². The third kappa shape index (κ3) is 3.62. The van der Waals surface area contributed by atoms with Crippen molar-refractivity contribution in [2.45, 2.75) is 20.4 Å². The van der Waals surface area contributed by atoms with Gasteiger partial charge in [-0.15, -0.1) is 11.3 Å². The third-order valence-corrected chi connectivity index (χ3v) is 3.64. The zero-order valence-electron chi connectivity index (χ0n) is 11.1. The van der Waals surface area contributed by atoms with Crippen LogP contribution in [-0.4, -0.2) is 17.4 Å². The maximum absolute atomic E-state index is 12.1. The first-order chi connectivity index (χ1) is 9.20. The number of carbonyl (C=O) groups excluding carboxylic acids is 1. The lowest BCUT2D eigenvalue weighted by Crippen LogP contribution is -2.14. The fourth-order valence-corrected chi connectivity index (χ4v) is 2.43. The Bertz CT molecular complexity index is 565. The minimum Gasteiger partial charge on any atom is -0.321 e. The lowest BCUT2D eigenvalue weighted by Gasteiger charge is -2.07. The van der Waals surface area contributed by atoms with Gasteiger partial charge in [0.2, 0.25) is 0 Å². The third-order valence-electron chi connectivity index (χ3n) is 2.72. The fraction of sp³-hybridized carbons (Fsp3) is 0.286. The summed E-state index contributed by atoms with van der Waals surface area (Å²) in [5, 5.41) is 6.17. The number of rotatable bonds is 5. The Morgan fingerprint density at radius 3 is 2.95 bits per heavy atom. The molecule has 19 heavy (non-hydrogen) atoms. The van der Waals surface area contributed by atoms with Crippen LogP contribution in [0.3, 0.4) is 0 Å². The molecule has 2 rings (SSSR count). The second kappa shape index (κ2) is 6.45. The van der Waals surface area contributed by atoms with Crippen molar-refractivity contribution in [3.05, 3.63) is 45.9 Å². The molecule has 0 spiro atoms. The standard InChI is InChI=1S/C14H17N3OS/c1-3-15-8-11-5-4-6-12(7-11)17-14(18)13-10(2)16-9-19-13/h4-7,9,15H,3,8H2,1-2H3,(H,17,18). The smallest absolute Gasteiger partial charge is 0.267 e. The molecule has 4 nitrogen and oxygen atoms in total. The molecule has 100 valence electrons.